The van der Waals surface area contributed by atoms with E-state index >= 15 is 0 Å². The first-order valence-electron chi connectivity index (χ1n) is 9.76. The number of hydrogen-bond donors (Lipinski definition) is 2. The first-order valence-corrected chi connectivity index (χ1v) is 12.9. The maximum Gasteiger partial charge on any atom is 0.321 e. The van der Waals surface area contributed by atoms with Crippen LogP contribution in [-0.2, 0) is 6.42 Å². The number of pyridine rings is 1. The lowest BCUT2D eigenvalue weighted by Gasteiger charge is -2.26. The van der Waals surface area contributed by atoms with Gasteiger partial charge in [0.15, 0.2) is 5.13 Å². The first-order chi connectivity index (χ1) is 13.7. The van der Waals surface area contributed by atoms with Crippen molar-refractivity contribution in [2.45, 2.75) is 37.4 Å². The van der Waals surface area contributed by atoms with Gasteiger partial charge in [-0.2, -0.15) is 0 Å². The summed E-state index contributed by atoms with van der Waals surface area (Å²) in [4.78, 5) is 21.3. The molecule has 0 aliphatic heterocycles. The lowest BCUT2D eigenvalue weighted by molar-refractivity contribution is 0.247. The summed E-state index contributed by atoms with van der Waals surface area (Å²) in [6.45, 7) is 2.34. The summed E-state index contributed by atoms with van der Waals surface area (Å²) in [5, 5.41) is 8.75. The monoisotopic (exact) mass is 408 g/mol. The van der Waals surface area contributed by atoms with E-state index in [9.17, 15) is 4.79 Å². The molecule has 28 heavy (non-hydrogen) atoms. The minimum absolute atomic E-state index is 0.0926. The number of carbonyl (C=O) groups is 1. The molecule has 0 spiro atoms. The fraction of sp³-hybridized carbons (Fsp3) is 0.286. The third-order valence-electron chi connectivity index (χ3n) is 5.39. The van der Waals surface area contributed by atoms with Crippen LogP contribution in [0.1, 0.15) is 30.0 Å². The van der Waals surface area contributed by atoms with Crippen LogP contribution in [0.3, 0.4) is 0 Å². The SMILES string of the molecule is C[SiH2]C1CCCc2ccccc2C1NC(=O)Nc1nc(-c2ccncc2)cs1. The van der Waals surface area contributed by atoms with Gasteiger partial charge in [-0.05, 0) is 41.6 Å². The van der Waals surface area contributed by atoms with E-state index in [2.05, 4.69) is 51.4 Å². The van der Waals surface area contributed by atoms with Crippen LogP contribution in [0.25, 0.3) is 11.3 Å². The van der Waals surface area contributed by atoms with Crippen molar-refractivity contribution in [1.82, 2.24) is 15.3 Å². The number of fused-ring (bicyclic) bond motifs is 1. The van der Waals surface area contributed by atoms with E-state index in [4.69, 9.17) is 0 Å². The highest BCUT2D eigenvalue weighted by Crippen LogP contribution is 2.36. The molecule has 2 aromatic heterocycles. The number of aryl methyl sites for hydroxylation is 1. The number of nitrogens with zero attached hydrogens (tertiary/aromatic N) is 2. The number of urea groups is 1. The van der Waals surface area contributed by atoms with Gasteiger partial charge in [0.05, 0.1) is 11.7 Å². The normalized spacial score (nSPS) is 19.2. The summed E-state index contributed by atoms with van der Waals surface area (Å²) < 4.78 is 0. The van der Waals surface area contributed by atoms with E-state index < -0.39 is 0 Å². The van der Waals surface area contributed by atoms with Gasteiger partial charge in [0, 0.05) is 32.9 Å². The first kappa shape index (κ1) is 18.8. The van der Waals surface area contributed by atoms with Crippen molar-refractivity contribution < 1.29 is 4.79 Å². The van der Waals surface area contributed by atoms with Crippen LogP contribution in [0.5, 0.6) is 0 Å². The van der Waals surface area contributed by atoms with Gasteiger partial charge in [-0.15, -0.1) is 11.3 Å². The standard InChI is InChI=1S/C21H24N4OSSi/c1-28-18-8-4-6-14-5-2-3-7-16(14)19(18)24-20(26)25-21-23-17(13-27-21)15-9-11-22-12-10-15/h2-3,5,7,9-13,18-19H,4,6,8,28H2,1H3,(H2,23,24,25,26). The number of nitrogens with one attached hydrogen (secondary N) is 2. The van der Waals surface area contributed by atoms with Crippen molar-refractivity contribution in [2.24, 2.45) is 0 Å². The fourth-order valence-electron chi connectivity index (χ4n) is 3.94. The molecule has 4 rings (SSSR count). The number of rotatable bonds is 4. The molecule has 0 saturated carbocycles. The van der Waals surface area contributed by atoms with Crippen LogP contribution in [0, 0.1) is 0 Å². The molecule has 1 aromatic carbocycles. The highest BCUT2D eigenvalue weighted by Gasteiger charge is 2.28. The Kier molecular flexibility index (Phi) is 5.83. The van der Waals surface area contributed by atoms with Gasteiger partial charge < -0.3 is 5.32 Å². The summed E-state index contributed by atoms with van der Waals surface area (Å²) in [5.74, 6) is 0. The van der Waals surface area contributed by atoms with Crippen molar-refractivity contribution in [3.05, 3.63) is 65.3 Å². The average Bonchev–Trinajstić information content (AvgIpc) is 3.12. The van der Waals surface area contributed by atoms with Crippen LogP contribution in [-0.4, -0.2) is 25.5 Å². The highest BCUT2D eigenvalue weighted by atomic mass is 32.1. The molecule has 2 amide bonds. The lowest BCUT2D eigenvalue weighted by atomic mass is 9.99. The van der Waals surface area contributed by atoms with Gasteiger partial charge in [0.1, 0.15) is 0 Å². The molecule has 0 saturated heterocycles. The largest absolute Gasteiger partial charge is 0.331 e. The maximum atomic E-state index is 12.8. The van der Waals surface area contributed by atoms with Crippen molar-refractivity contribution in [2.75, 3.05) is 5.32 Å². The van der Waals surface area contributed by atoms with E-state index in [1.165, 1.54) is 35.3 Å². The Labute approximate surface area is 171 Å². The summed E-state index contributed by atoms with van der Waals surface area (Å²) in [6.07, 6.45) is 6.97. The Morgan fingerprint density at radius 2 is 2.04 bits per heavy atom. The summed E-state index contributed by atoms with van der Waals surface area (Å²) in [5.41, 5.74) is 5.08. The number of thiazole rings is 1. The van der Waals surface area contributed by atoms with Gasteiger partial charge in [-0.3, -0.25) is 10.3 Å². The topological polar surface area (TPSA) is 66.9 Å². The van der Waals surface area contributed by atoms with Crippen LogP contribution < -0.4 is 10.6 Å². The number of carbonyl (C=O) groups excluding carboxylic acids is 1. The second-order valence-corrected chi connectivity index (χ2v) is 9.83. The molecule has 2 unspecified atom stereocenters. The van der Waals surface area contributed by atoms with Crippen LogP contribution >= 0.6 is 11.3 Å². The van der Waals surface area contributed by atoms with Gasteiger partial charge >= 0.3 is 6.03 Å². The Morgan fingerprint density at radius 3 is 2.86 bits per heavy atom. The van der Waals surface area contributed by atoms with E-state index in [1.54, 1.807) is 12.4 Å². The van der Waals surface area contributed by atoms with Crippen LogP contribution in [0.2, 0.25) is 12.1 Å². The zero-order valence-electron chi connectivity index (χ0n) is 15.9. The number of hydrogen-bond acceptors (Lipinski definition) is 4. The van der Waals surface area contributed by atoms with E-state index in [0.717, 1.165) is 17.7 Å². The minimum Gasteiger partial charge on any atom is -0.331 e. The van der Waals surface area contributed by atoms with E-state index in [0.29, 0.717) is 10.7 Å². The Bertz CT molecular complexity index is 946. The van der Waals surface area contributed by atoms with Crippen LogP contribution in [0.4, 0.5) is 9.93 Å². The Hall–Kier alpha value is -2.51. The predicted molar refractivity (Wildman–Crippen MR) is 118 cm³/mol. The number of benzene rings is 1. The second-order valence-electron chi connectivity index (χ2n) is 7.11. The van der Waals surface area contributed by atoms with Gasteiger partial charge in [0.2, 0.25) is 0 Å². The highest BCUT2D eigenvalue weighted by molar-refractivity contribution is 7.14. The quantitative estimate of drug-likeness (QED) is 0.496. The zero-order valence-corrected chi connectivity index (χ0v) is 18.1. The fourth-order valence-corrected chi connectivity index (χ4v) is 6.19. The van der Waals surface area contributed by atoms with Crippen LogP contribution in [0.15, 0.2) is 54.2 Å². The molecule has 3 aromatic rings. The van der Waals surface area contributed by atoms with Crippen molar-refractivity contribution >= 4 is 32.0 Å². The molecule has 5 nitrogen and oxygen atoms in total. The third-order valence-corrected chi connectivity index (χ3v) is 8.08. The molecule has 2 heterocycles. The number of aromatic nitrogens is 2. The van der Waals surface area contributed by atoms with E-state index in [1.807, 2.05) is 17.5 Å². The third kappa shape index (κ3) is 4.15. The second kappa shape index (κ2) is 8.66. The van der Waals surface area contributed by atoms with Crippen molar-refractivity contribution in [3.63, 3.8) is 0 Å². The van der Waals surface area contributed by atoms with Crippen molar-refractivity contribution in [1.29, 1.82) is 0 Å². The molecule has 0 radical (unpaired) electrons. The minimum atomic E-state index is -0.247. The molecule has 0 bridgehead atoms. The van der Waals surface area contributed by atoms with E-state index in [-0.39, 0.29) is 21.6 Å². The average molecular weight is 409 g/mol. The number of anilines is 1. The number of amides is 2. The van der Waals surface area contributed by atoms with Gasteiger partial charge in [-0.1, -0.05) is 37.2 Å². The Balaban J connectivity index is 1.49. The van der Waals surface area contributed by atoms with Crippen molar-refractivity contribution in [3.8, 4) is 11.3 Å². The molecular formula is C21H24N4OSSi. The zero-order chi connectivity index (χ0) is 19.3. The predicted octanol–water partition coefficient (Wildman–Crippen LogP) is 4.41. The molecule has 7 heteroatoms. The summed E-state index contributed by atoms with van der Waals surface area (Å²) in [7, 11) is -0.247. The molecular weight excluding hydrogens is 384 g/mol. The molecule has 0 fully saturated rings. The maximum absolute atomic E-state index is 12.8. The lowest BCUT2D eigenvalue weighted by Crippen LogP contribution is -2.35. The molecule has 1 aliphatic rings. The summed E-state index contributed by atoms with van der Waals surface area (Å²) >= 11 is 1.44. The van der Waals surface area contributed by atoms with Gasteiger partial charge in [-0.25, -0.2) is 9.78 Å². The Morgan fingerprint density at radius 1 is 1.21 bits per heavy atom. The summed E-state index contributed by atoms with van der Waals surface area (Å²) in [6, 6.07) is 12.3. The van der Waals surface area contributed by atoms with Gasteiger partial charge in [0.25, 0.3) is 0 Å². The molecule has 2 atom stereocenters. The molecule has 2 N–H and O–H groups in total. The molecule has 144 valence electrons. The molecule has 1 aliphatic carbocycles. The smallest absolute Gasteiger partial charge is 0.321 e.